The van der Waals surface area contributed by atoms with E-state index in [1.54, 1.807) is 6.92 Å². The fourth-order valence-corrected chi connectivity index (χ4v) is 3.26. The molecule has 1 heterocycles. The van der Waals surface area contributed by atoms with Crippen LogP contribution in [0, 0.1) is 0 Å². The van der Waals surface area contributed by atoms with Crippen LogP contribution in [0.3, 0.4) is 0 Å². The largest absolute Gasteiger partial charge is 0.340 e. The van der Waals surface area contributed by atoms with E-state index < -0.39 is 0 Å². The maximum atomic E-state index is 11.8. The summed E-state index contributed by atoms with van der Waals surface area (Å²) in [5, 5.41) is 10.1. The number of rotatable bonds is 12. The molecule has 1 rings (SSSR count). The molecule has 0 saturated carbocycles. The summed E-state index contributed by atoms with van der Waals surface area (Å²) in [4.78, 5) is 24.7. The van der Waals surface area contributed by atoms with E-state index in [0.29, 0.717) is 26.1 Å². The lowest BCUT2D eigenvalue weighted by molar-refractivity contribution is -0.127. The van der Waals surface area contributed by atoms with Crippen LogP contribution in [0.5, 0.6) is 0 Å². The lowest BCUT2D eigenvalue weighted by Gasteiger charge is -2.16. The van der Waals surface area contributed by atoms with Gasteiger partial charge in [-0.2, -0.15) is 0 Å². The second-order valence-electron chi connectivity index (χ2n) is 5.31. The summed E-state index contributed by atoms with van der Waals surface area (Å²) < 4.78 is 0. The average Bonchev–Trinajstić information content (AvgIpc) is 2.80. The molecule has 1 aliphatic heterocycles. The molecule has 0 aromatic heterocycles. The van der Waals surface area contributed by atoms with Gasteiger partial charge in [0.2, 0.25) is 5.91 Å². The van der Waals surface area contributed by atoms with E-state index in [4.69, 9.17) is 5.73 Å². The maximum absolute atomic E-state index is 11.8. The van der Waals surface area contributed by atoms with Gasteiger partial charge < -0.3 is 26.6 Å². The smallest absolute Gasteiger partial charge is 0.223 e. The summed E-state index contributed by atoms with van der Waals surface area (Å²) in [6.45, 7) is 8.90. The Kier molecular flexibility index (Phi) is 10.4. The van der Waals surface area contributed by atoms with Crippen molar-refractivity contribution in [2.75, 3.05) is 58.9 Å². The molecule has 1 amide bonds. The molecule has 1 fully saturated rings. The van der Waals surface area contributed by atoms with E-state index in [-0.39, 0.29) is 16.3 Å². The normalized spacial score (nSPS) is 18.2. The molecule has 0 aliphatic carbocycles. The number of carbonyl (C=O) groups is 2. The Balaban J connectivity index is 1.94. The molecule has 1 aliphatic rings. The summed E-state index contributed by atoms with van der Waals surface area (Å²) in [5.41, 5.74) is 5.38. The van der Waals surface area contributed by atoms with Crippen LogP contribution < -0.4 is 21.7 Å². The van der Waals surface area contributed by atoms with Gasteiger partial charge in [0.1, 0.15) is 0 Å². The molecule has 0 spiro atoms. The number of nitrogens with one attached hydrogen (secondary N) is 3. The van der Waals surface area contributed by atoms with Crippen molar-refractivity contribution in [3.63, 3.8) is 0 Å². The fourth-order valence-electron chi connectivity index (χ4n) is 2.31. The third-order valence-electron chi connectivity index (χ3n) is 3.35. The molecule has 128 valence electrons. The van der Waals surface area contributed by atoms with E-state index in [1.165, 1.54) is 11.8 Å². The number of likely N-dealkylation sites (tertiary alicyclic amines) is 1. The van der Waals surface area contributed by atoms with Gasteiger partial charge in [0.05, 0.1) is 0 Å². The molecule has 1 atom stereocenters. The van der Waals surface area contributed by atoms with E-state index in [2.05, 4.69) is 16.0 Å². The zero-order valence-electron chi connectivity index (χ0n) is 13.4. The van der Waals surface area contributed by atoms with Gasteiger partial charge >= 0.3 is 0 Å². The van der Waals surface area contributed by atoms with Gasteiger partial charge in [-0.3, -0.25) is 9.59 Å². The first-order valence-electron chi connectivity index (χ1n) is 7.90. The molecule has 0 aromatic carbocycles. The quantitative estimate of drug-likeness (QED) is 0.326. The van der Waals surface area contributed by atoms with Gasteiger partial charge in [-0.15, -0.1) is 0 Å². The predicted octanol–water partition coefficient (Wildman–Crippen LogP) is -1.41. The van der Waals surface area contributed by atoms with Gasteiger partial charge in [-0.1, -0.05) is 11.8 Å². The van der Waals surface area contributed by atoms with E-state index in [9.17, 15) is 9.59 Å². The molecule has 1 unspecified atom stereocenters. The Labute approximate surface area is 137 Å². The van der Waals surface area contributed by atoms with E-state index in [1.807, 2.05) is 4.90 Å². The van der Waals surface area contributed by atoms with Crippen LogP contribution in [-0.2, 0) is 9.59 Å². The highest BCUT2D eigenvalue weighted by molar-refractivity contribution is 8.14. The van der Waals surface area contributed by atoms with Crippen molar-refractivity contribution in [3.05, 3.63) is 0 Å². The molecular formula is C14H29N5O2S. The first kappa shape index (κ1) is 19.4. The fraction of sp³-hybridized carbons (Fsp3) is 0.857. The Hall–Kier alpha value is -0.670. The minimum atomic E-state index is 0.0878. The number of nitrogens with zero attached hydrogens (tertiary/aromatic N) is 1. The number of nitrogens with two attached hydrogens (primary N) is 1. The second-order valence-corrected chi connectivity index (χ2v) is 6.79. The Bertz CT molecular complexity index is 343. The standard InChI is InChI=1S/C14H29N5O2S/c1-12(20)22-13-10-14(21)19(11-13)9-8-18-7-6-17-5-4-16-3-2-15/h13,16-18H,2-11,15H2,1H3. The number of carbonyl (C=O) groups excluding carboxylic acids is 2. The highest BCUT2D eigenvalue weighted by Gasteiger charge is 2.30. The molecule has 8 heteroatoms. The van der Waals surface area contributed by atoms with Crippen LogP contribution in [0.2, 0.25) is 0 Å². The van der Waals surface area contributed by atoms with E-state index in [0.717, 1.165) is 39.3 Å². The molecule has 0 aromatic rings. The monoisotopic (exact) mass is 331 g/mol. The average molecular weight is 331 g/mol. The Morgan fingerprint density at radius 3 is 2.36 bits per heavy atom. The molecule has 0 radical (unpaired) electrons. The summed E-state index contributed by atoms with van der Waals surface area (Å²) in [6.07, 6.45) is 0.488. The van der Waals surface area contributed by atoms with Crippen molar-refractivity contribution in [2.24, 2.45) is 5.73 Å². The van der Waals surface area contributed by atoms with E-state index >= 15 is 0 Å². The van der Waals surface area contributed by atoms with Gasteiger partial charge in [-0.25, -0.2) is 0 Å². The van der Waals surface area contributed by atoms with Crippen LogP contribution in [0.15, 0.2) is 0 Å². The highest BCUT2D eigenvalue weighted by atomic mass is 32.2. The van der Waals surface area contributed by atoms with Crippen molar-refractivity contribution in [1.82, 2.24) is 20.9 Å². The second kappa shape index (κ2) is 11.8. The van der Waals surface area contributed by atoms with Crippen molar-refractivity contribution in [1.29, 1.82) is 0 Å². The van der Waals surface area contributed by atoms with Gasteiger partial charge in [-0.05, 0) is 0 Å². The summed E-state index contributed by atoms with van der Waals surface area (Å²) in [6, 6.07) is 0. The lowest BCUT2D eigenvalue weighted by Crippen LogP contribution is -2.37. The summed E-state index contributed by atoms with van der Waals surface area (Å²) in [7, 11) is 0. The third kappa shape index (κ3) is 8.70. The molecule has 1 saturated heterocycles. The molecule has 22 heavy (non-hydrogen) atoms. The molecule has 0 bridgehead atoms. The van der Waals surface area contributed by atoms with Crippen molar-refractivity contribution in [2.45, 2.75) is 18.6 Å². The summed E-state index contributed by atoms with van der Waals surface area (Å²) >= 11 is 1.28. The maximum Gasteiger partial charge on any atom is 0.223 e. The zero-order valence-corrected chi connectivity index (χ0v) is 14.2. The minimum Gasteiger partial charge on any atom is -0.340 e. The first-order valence-corrected chi connectivity index (χ1v) is 8.78. The van der Waals surface area contributed by atoms with Crippen molar-refractivity contribution < 1.29 is 9.59 Å². The Morgan fingerprint density at radius 1 is 1.18 bits per heavy atom. The topological polar surface area (TPSA) is 99.5 Å². The number of hydrogen-bond donors (Lipinski definition) is 4. The number of thioether (sulfide) groups is 1. The predicted molar refractivity (Wildman–Crippen MR) is 90.9 cm³/mol. The number of hydrogen-bond acceptors (Lipinski definition) is 7. The minimum absolute atomic E-state index is 0.0878. The number of amides is 1. The van der Waals surface area contributed by atoms with Gasteiger partial charge in [0.15, 0.2) is 5.12 Å². The van der Waals surface area contributed by atoms with Crippen LogP contribution in [0.1, 0.15) is 13.3 Å². The zero-order chi connectivity index (χ0) is 16.2. The molecule has 5 N–H and O–H groups in total. The van der Waals surface area contributed by atoms with Crippen LogP contribution >= 0.6 is 11.8 Å². The van der Waals surface area contributed by atoms with Crippen LogP contribution in [0.4, 0.5) is 0 Å². The van der Waals surface area contributed by atoms with Crippen LogP contribution in [0.25, 0.3) is 0 Å². The highest BCUT2D eigenvalue weighted by Crippen LogP contribution is 2.23. The van der Waals surface area contributed by atoms with Gasteiger partial charge in [0, 0.05) is 77.5 Å². The third-order valence-corrected chi connectivity index (χ3v) is 4.33. The first-order chi connectivity index (χ1) is 10.6. The SMILES string of the molecule is CC(=O)SC1CC(=O)N(CCNCCNCCNCCN)C1. The summed E-state index contributed by atoms with van der Waals surface area (Å²) in [5.74, 6) is 0.157. The van der Waals surface area contributed by atoms with Gasteiger partial charge in [0.25, 0.3) is 0 Å². The van der Waals surface area contributed by atoms with Crippen LogP contribution in [-0.4, -0.2) is 80.1 Å². The van der Waals surface area contributed by atoms with Crippen molar-refractivity contribution >= 4 is 22.8 Å². The molecule has 7 nitrogen and oxygen atoms in total. The lowest BCUT2D eigenvalue weighted by atomic mass is 10.4. The molecular weight excluding hydrogens is 302 g/mol. The van der Waals surface area contributed by atoms with Crippen molar-refractivity contribution in [3.8, 4) is 0 Å². The Morgan fingerprint density at radius 2 is 1.77 bits per heavy atom.